The maximum absolute atomic E-state index is 15.8. The van der Waals surface area contributed by atoms with Crippen molar-refractivity contribution in [3.63, 3.8) is 0 Å². The van der Waals surface area contributed by atoms with Gasteiger partial charge in [0.1, 0.15) is 11.6 Å². The summed E-state index contributed by atoms with van der Waals surface area (Å²) in [6.45, 7) is 2.19. The molecule has 3 aromatic carbocycles. The summed E-state index contributed by atoms with van der Waals surface area (Å²) in [5, 5.41) is 6.36. The molecule has 4 unspecified atom stereocenters. The van der Waals surface area contributed by atoms with Crippen LogP contribution >= 0.6 is 23.2 Å². The number of methoxy groups -OCH3 is 1. The molecule has 0 radical (unpaired) electrons. The van der Waals surface area contributed by atoms with E-state index >= 15 is 8.78 Å². The number of nitrogens with two attached hydrogens (primary N) is 1. The second-order valence-electron chi connectivity index (χ2n) is 12.0. The summed E-state index contributed by atoms with van der Waals surface area (Å²) in [7, 11) is 1.28. The van der Waals surface area contributed by atoms with Crippen LogP contribution in [0.3, 0.4) is 0 Å². The fourth-order valence-corrected chi connectivity index (χ4v) is 7.26. The van der Waals surface area contributed by atoms with Gasteiger partial charge in [-0.3, -0.25) is 4.79 Å². The summed E-state index contributed by atoms with van der Waals surface area (Å²) in [6.07, 6.45) is 5.74. The number of amides is 1. The Labute approximate surface area is 260 Å². The van der Waals surface area contributed by atoms with Crippen molar-refractivity contribution >= 4 is 40.8 Å². The molecule has 1 aliphatic carbocycles. The van der Waals surface area contributed by atoms with E-state index in [1.165, 1.54) is 37.4 Å². The van der Waals surface area contributed by atoms with Crippen molar-refractivity contribution in [1.82, 2.24) is 5.32 Å². The molecule has 228 valence electrons. The third-order valence-electron chi connectivity index (χ3n) is 9.13. The topological polar surface area (TPSA) is 93.4 Å². The lowest BCUT2D eigenvalue weighted by Gasteiger charge is -2.42. The van der Waals surface area contributed by atoms with Gasteiger partial charge in [0.15, 0.2) is 0 Å². The van der Waals surface area contributed by atoms with Gasteiger partial charge in [0, 0.05) is 28.2 Å². The summed E-state index contributed by atoms with van der Waals surface area (Å²) in [5.74, 6) is -3.40. The Morgan fingerprint density at radius 2 is 1.74 bits per heavy atom. The highest BCUT2D eigenvalue weighted by atomic mass is 35.5. The van der Waals surface area contributed by atoms with Gasteiger partial charge in [0.25, 0.3) is 0 Å². The van der Waals surface area contributed by atoms with Crippen LogP contribution in [0.4, 0.5) is 14.5 Å². The number of nitrogens with one attached hydrogen (secondary N) is 2. The molecular formula is C33H35Cl2F2N3O3. The smallest absolute Gasteiger partial charge is 0.337 e. The van der Waals surface area contributed by atoms with Gasteiger partial charge in [-0.25, -0.2) is 13.6 Å². The maximum Gasteiger partial charge on any atom is 0.337 e. The number of hydrogen-bond acceptors (Lipinski definition) is 5. The first kappa shape index (κ1) is 31.4. The average molecular weight is 631 g/mol. The summed E-state index contributed by atoms with van der Waals surface area (Å²) in [5.41, 5.74) is 6.65. The number of halogens is 4. The third kappa shape index (κ3) is 6.16. The van der Waals surface area contributed by atoms with Crippen molar-refractivity contribution in [2.45, 2.75) is 69.0 Å². The van der Waals surface area contributed by atoms with Crippen molar-refractivity contribution in [3.8, 4) is 0 Å². The van der Waals surface area contributed by atoms with Crippen LogP contribution < -0.4 is 16.4 Å². The summed E-state index contributed by atoms with van der Waals surface area (Å²) in [4.78, 5) is 25.9. The minimum Gasteiger partial charge on any atom is -0.465 e. The molecule has 1 saturated heterocycles. The number of hydrogen-bond donors (Lipinski definition) is 3. The van der Waals surface area contributed by atoms with E-state index in [0.29, 0.717) is 17.7 Å². The summed E-state index contributed by atoms with van der Waals surface area (Å²) in [6, 6.07) is 13.3. The number of rotatable bonds is 7. The molecule has 6 nitrogen and oxygen atoms in total. The zero-order valence-corrected chi connectivity index (χ0v) is 25.6. The minimum atomic E-state index is -1.56. The normalized spacial score (nSPS) is 24.9. The van der Waals surface area contributed by atoms with Crippen LogP contribution in [-0.2, 0) is 15.1 Å². The predicted octanol–water partition coefficient (Wildman–Crippen LogP) is 7.34. The lowest BCUT2D eigenvalue weighted by molar-refractivity contribution is -0.118. The Kier molecular flexibility index (Phi) is 9.14. The zero-order chi connectivity index (χ0) is 30.9. The van der Waals surface area contributed by atoms with Gasteiger partial charge < -0.3 is 21.1 Å². The average Bonchev–Trinajstić information content (AvgIpc) is 3.26. The number of benzene rings is 3. The van der Waals surface area contributed by atoms with Crippen LogP contribution in [0.5, 0.6) is 0 Å². The zero-order valence-electron chi connectivity index (χ0n) is 24.1. The minimum absolute atomic E-state index is 0.106. The van der Waals surface area contributed by atoms with E-state index in [4.69, 9.17) is 33.7 Å². The van der Waals surface area contributed by atoms with E-state index < -0.39 is 47.1 Å². The molecule has 43 heavy (non-hydrogen) atoms. The van der Waals surface area contributed by atoms with Crippen LogP contribution in [-0.4, -0.2) is 31.1 Å². The number of anilines is 1. The van der Waals surface area contributed by atoms with E-state index in [2.05, 4.69) is 17.6 Å². The molecular weight excluding hydrogens is 595 g/mol. The molecule has 4 atom stereocenters. The van der Waals surface area contributed by atoms with E-state index in [0.717, 1.165) is 32.1 Å². The molecule has 2 aliphatic rings. The second kappa shape index (κ2) is 12.5. The van der Waals surface area contributed by atoms with E-state index in [9.17, 15) is 9.59 Å². The van der Waals surface area contributed by atoms with Crippen LogP contribution in [0, 0.1) is 17.0 Å². The van der Waals surface area contributed by atoms with E-state index in [1.54, 1.807) is 30.3 Å². The van der Waals surface area contributed by atoms with Crippen molar-refractivity contribution in [3.05, 3.63) is 99.0 Å². The molecule has 1 amide bonds. The van der Waals surface area contributed by atoms with Gasteiger partial charge in [-0.2, -0.15) is 0 Å². The lowest BCUT2D eigenvalue weighted by Crippen LogP contribution is -2.53. The summed E-state index contributed by atoms with van der Waals surface area (Å²) < 4.78 is 36.4. The van der Waals surface area contributed by atoms with Crippen LogP contribution in [0.25, 0.3) is 0 Å². The number of ether oxygens (including phenoxy) is 1. The molecule has 1 aliphatic heterocycles. The Morgan fingerprint density at radius 3 is 2.40 bits per heavy atom. The van der Waals surface area contributed by atoms with Crippen molar-refractivity contribution in [2.75, 3.05) is 12.4 Å². The van der Waals surface area contributed by atoms with Crippen LogP contribution in [0.1, 0.15) is 72.9 Å². The van der Waals surface area contributed by atoms with Crippen LogP contribution in [0.15, 0.2) is 60.7 Å². The molecule has 1 saturated carbocycles. The molecule has 0 spiro atoms. The third-order valence-corrected chi connectivity index (χ3v) is 9.66. The van der Waals surface area contributed by atoms with E-state index in [1.807, 2.05) is 0 Å². The first-order chi connectivity index (χ1) is 20.5. The van der Waals surface area contributed by atoms with Crippen molar-refractivity contribution < 1.29 is 23.1 Å². The van der Waals surface area contributed by atoms with Crippen LogP contribution in [0.2, 0.25) is 10.0 Å². The van der Waals surface area contributed by atoms with Gasteiger partial charge in [-0.05, 0) is 72.7 Å². The predicted molar refractivity (Wildman–Crippen MR) is 164 cm³/mol. The van der Waals surface area contributed by atoms with Gasteiger partial charge >= 0.3 is 5.97 Å². The Bertz CT molecular complexity index is 1510. The molecule has 3 aromatic rings. The standard InChI is InChI=1S/C33H35Cl2F2N3O3/c1-32(15-4-3-5-16-32)18-26-33(38,23-14-11-20(34)17-25(23)36)27(22-7-6-8-24(35)28(22)37)29(40-26)30(41)39-21-12-9-19(10-13-21)31(42)43-2/h6-14,17,26-27,29,40H,3-5,15-16,18,38H2,1-2H3,(H,39,41). The quantitative estimate of drug-likeness (QED) is 0.238. The first-order valence-corrected chi connectivity index (χ1v) is 15.2. The molecule has 10 heteroatoms. The molecule has 0 aromatic heterocycles. The molecule has 0 bridgehead atoms. The molecule has 5 rings (SSSR count). The monoisotopic (exact) mass is 629 g/mol. The highest BCUT2D eigenvalue weighted by Gasteiger charge is 2.59. The number of carbonyl (C=O) groups is 2. The SMILES string of the molecule is COC(=O)c1ccc(NC(=O)C2NC(CC3(C)CCCCC3)C(N)(c3ccc(Cl)cc3F)C2c2cccc(Cl)c2F)cc1. The maximum atomic E-state index is 15.8. The number of esters is 1. The Hall–Kier alpha value is -3.04. The number of carbonyl (C=O) groups excluding carboxylic acids is 2. The van der Waals surface area contributed by atoms with Crippen molar-refractivity contribution in [2.24, 2.45) is 11.1 Å². The molecule has 4 N–H and O–H groups in total. The Balaban J connectivity index is 1.62. The fraction of sp³-hybridized carbons (Fsp3) is 0.394. The largest absolute Gasteiger partial charge is 0.465 e. The van der Waals surface area contributed by atoms with Crippen molar-refractivity contribution in [1.29, 1.82) is 0 Å². The molecule has 1 heterocycles. The fourth-order valence-electron chi connectivity index (χ4n) is 6.92. The van der Waals surface area contributed by atoms with Gasteiger partial charge in [0.05, 0.1) is 29.3 Å². The van der Waals surface area contributed by atoms with E-state index in [-0.39, 0.29) is 26.6 Å². The highest BCUT2D eigenvalue weighted by Crippen LogP contribution is 2.52. The highest BCUT2D eigenvalue weighted by molar-refractivity contribution is 6.31. The van der Waals surface area contributed by atoms with Gasteiger partial charge in [-0.15, -0.1) is 0 Å². The molecule has 2 fully saturated rings. The second-order valence-corrected chi connectivity index (χ2v) is 12.9. The van der Waals surface area contributed by atoms with Gasteiger partial charge in [-0.1, -0.05) is 67.6 Å². The Morgan fingerprint density at radius 1 is 1.05 bits per heavy atom. The lowest BCUT2D eigenvalue weighted by atomic mass is 9.65. The van der Waals surface area contributed by atoms with Gasteiger partial charge in [0.2, 0.25) is 5.91 Å². The summed E-state index contributed by atoms with van der Waals surface area (Å²) >= 11 is 12.4. The first-order valence-electron chi connectivity index (χ1n) is 14.4.